The first kappa shape index (κ1) is 19.5. The number of nitro groups is 1. The Kier molecular flexibility index (Phi) is 5.28. The summed E-state index contributed by atoms with van der Waals surface area (Å²) in [7, 11) is -3.66. The second-order valence-corrected chi connectivity index (χ2v) is 10.2. The molecule has 1 saturated heterocycles. The van der Waals surface area contributed by atoms with Crippen LogP contribution >= 0.6 is 12.2 Å². The fraction of sp³-hybridized carbons (Fsp3) is 0.611. The van der Waals surface area contributed by atoms with Crippen LogP contribution in [0, 0.1) is 22.0 Å². The third-order valence-electron chi connectivity index (χ3n) is 6.26. The molecule has 3 atom stereocenters. The quantitative estimate of drug-likeness (QED) is 0.448. The predicted molar refractivity (Wildman–Crippen MR) is 108 cm³/mol. The molecule has 3 aliphatic rings. The maximum absolute atomic E-state index is 12.8. The van der Waals surface area contributed by atoms with E-state index >= 15 is 0 Å². The van der Waals surface area contributed by atoms with E-state index < -0.39 is 14.9 Å². The molecule has 0 unspecified atom stereocenters. The van der Waals surface area contributed by atoms with Gasteiger partial charge < -0.3 is 10.2 Å². The summed E-state index contributed by atoms with van der Waals surface area (Å²) in [6.07, 6.45) is 5.13. The van der Waals surface area contributed by atoms with Crippen LogP contribution < -0.4 is 5.32 Å². The Hall–Kier alpha value is -1.78. The highest BCUT2D eigenvalue weighted by atomic mass is 32.2. The van der Waals surface area contributed by atoms with E-state index in [2.05, 4.69) is 5.32 Å². The molecule has 0 amide bonds. The second-order valence-electron chi connectivity index (χ2n) is 7.87. The molecule has 28 heavy (non-hydrogen) atoms. The lowest BCUT2D eigenvalue weighted by molar-refractivity contribution is -0.384. The molecule has 2 bridgehead atoms. The van der Waals surface area contributed by atoms with Gasteiger partial charge in [0.25, 0.3) is 5.69 Å². The van der Waals surface area contributed by atoms with E-state index in [9.17, 15) is 18.5 Å². The lowest BCUT2D eigenvalue weighted by atomic mass is 9.95. The molecule has 1 N–H and O–H groups in total. The van der Waals surface area contributed by atoms with E-state index in [1.165, 1.54) is 54.3 Å². The van der Waals surface area contributed by atoms with Crippen molar-refractivity contribution >= 4 is 33.0 Å². The van der Waals surface area contributed by atoms with Gasteiger partial charge >= 0.3 is 0 Å². The number of piperazine rings is 1. The Balaban J connectivity index is 1.34. The van der Waals surface area contributed by atoms with Crippen LogP contribution in [0.15, 0.2) is 29.2 Å². The van der Waals surface area contributed by atoms with Crippen LogP contribution in [0.25, 0.3) is 0 Å². The van der Waals surface area contributed by atoms with Crippen molar-refractivity contribution in [2.45, 2.75) is 36.6 Å². The van der Waals surface area contributed by atoms with Crippen molar-refractivity contribution < 1.29 is 13.3 Å². The molecule has 1 heterocycles. The minimum Gasteiger partial charge on any atom is -0.360 e. The van der Waals surface area contributed by atoms with Gasteiger partial charge in [-0.2, -0.15) is 4.31 Å². The van der Waals surface area contributed by atoms with Crippen LogP contribution in [0.5, 0.6) is 0 Å². The van der Waals surface area contributed by atoms with Crippen molar-refractivity contribution in [1.82, 2.24) is 14.5 Å². The van der Waals surface area contributed by atoms with E-state index in [0.29, 0.717) is 32.2 Å². The number of hydrogen-bond donors (Lipinski definition) is 1. The Morgan fingerprint density at radius 2 is 1.79 bits per heavy atom. The number of nitro benzene ring substituents is 1. The first-order valence-corrected chi connectivity index (χ1v) is 11.5. The highest BCUT2D eigenvalue weighted by Gasteiger charge is 2.40. The number of thiocarbonyl (C=S) groups is 1. The number of nitrogens with zero attached hydrogens (tertiary/aromatic N) is 3. The topological polar surface area (TPSA) is 95.8 Å². The van der Waals surface area contributed by atoms with Crippen molar-refractivity contribution in [3.63, 3.8) is 0 Å². The molecule has 10 heteroatoms. The molecule has 2 saturated carbocycles. The van der Waals surface area contributed by atoms with Gasteiger partial charge in [0.15, 0.2) is 5.11 Å². The van der Waals surface area contributed by atoms with Crippen LogP contribution in [0.2, 0.25) is 0 Å². The molecular formula is C18H24N4O4S2. The zero-order chi connectivity index (χ0) is 19.9. The van der Waals surface area contributed by atoms with Crippen molar-refractivity contribution in [3.8, 4) is 0 Å². The van der Waals surface area contributed by atoms with Gasteiger partial charge in [-0.15, -0.1) is 0 Å². The van der Waals surface area contributed by atoms with Gasteiger partial charge in [0.2, 0.25) is 10.0 Å². The largest absolute Gasteiger partial charge is 0.360 e. The van der Waals surface area contributed by atoms with Gasteiger partial charge in [-0.05, 0) is 55.4 Å². The van der Waals surface area contributed by atoms with Gasteiger partial charge in [0.1, 0.15) is 0 Å². The lowest BCUT2D eigenvalue weighted by Crippen LogP contribution is -2.54. The Bertz CT molecular complexity index is 866. The molecule has 1 aromatic rings. The molecule has 3 fully saturated rings. The van der Waals surface area contributed by atoms with Gasteiger partial charge in [-0.1, -0.05) is 6.42 Å². The molecule has 1 aliphatic heterocycles. The summed E-state index contributed by atoms with van der Waals surface area (Å²) in [5, 5.41) is 15.0. The average molecular weight is 425 g/mol. The molecule has 152 valence electrons. The first-order valence-electron chi connectivity index (χ1n) is 9.64. The third kappa shape index (κ3) is 3.72. The number of hydrogen-bond acceptors (Lipinski definition) is 5. The smallest absolute Gasteiger partial charge is 0.269 e. The molecule has 0 aromatic heterocycles. The van der Waals surface area contributed by atoms with E-state index in [-0.39, 0.29) is 10.6 Å². The minimum absolute atomic E-state index is 0.0780. The molecule has 0 radical (unpaired) electrons. The molecule has 0 spiro atoms. The van der Waals surface area contributed by atoms with Crippen molar-refractivity contribution in [3.05, 3.63) is 34.4 Å². The monoisotopic (exact) mass is 424 g/mol. The molecule has 2 aliphatic carbocycles. The Morgan fingerprint density at radius 3 is 2.32 bits per heavy atom. The molecule has 8 nitrogen and oxygen atoms in total. The summed E-state index contributed by atoms with van der Waals surface area (Å²) in [6.45, 7) is 1.77. The molecular weight excluding hydrogens is 400 g/mol. The van der Waals surface area contributed by atoms with E-state index in [1.807, 2.05) is 4.90 Å². The van der Waals surface area contributed by atoms with Crippen LogP contribution in [0.1, 0.15) is 25.7 Å². The van der Waals surface area contributed by atoms with Crippen LogP contribution in [0.3, 0.4) is 0 Å². The lowest BCUT2D eigenvalue weighted by Gasteiger charge is -2.37. The highest BCUT2D eigenvalue weighted by molar-refractivity contribution is 7.89. The van der Waals surface area contributed by atoms with Crippen LogP contribution in [-0.4, -0.2) is 59.9 Å². The summed E-state index contributed by atoms with van der Waals surface area (Å²) >= 11 is 5.57. The summed E-state index contributed by atoms with van der Waals surface area (Å²) in [5.74, 6) is 1.57. The summed E-state index contributed by atoms with van der Waals surface area (Å²) in [5.41, 5.74) is -0.124. The normalized spacial score (nSPS) is 27.7. The predicted octanol–water partition coefficient (Wildman–Crippen LogP) is 1.96. The zero-order valence-electron chi connectivity index (χ0n) is 15.5. The maximum atomic E-state index is 12.8. The summed E-state index contributed by atoms with van der Waals surface area (Å²) < 4.78 is 27.0. The molecule has 4 rings (SSSR count). The fourth-order valence-electron chi connectivity index (χ4n) is 4.69. The van der Waals surface area contributed by atoms with Crippen molar-refractivity contribution in [2.75, 3.05) is 26.2 Å². The number of fused-ring (bicyclic) bond motifs is 2. The van der Waals surface area contributed by atoms with E-state index in [0.717, 1.165) is 16.9 Å². The summed E-state index contributed by atoms with van der Waals surface area (Å²) in [6, 6.07) is 5.49. The molecule has 1 aromatic carbocycles. The number of non-ortho nitro benzene ring substituents is 1. The number of nitrogens with one attached hydrogen (secondary N) is 1. The third-order valence-corrected chi connectivity index (χ3v) is 8.55. The fourth-order valence-corrected chi connectivity index (χ4v) is 6.45. The minimum atomic E-state index is -3.66. The standard InChI is InChI=1S/C18H24N4O4S2/c23-22(24)15-3-5-16(6-4-15)28(25,26)21-9-7-20(8-10-21)18(27)19-17-12-13-1-2-14(17)11-13/h3-6,13-14,17H,1-2,7-12H2,(H,19,27)/t13-,14+,17-/m0/s1. The zero-order valence-corrected chi connectivity index (χ0v) is 17.1. The first-order chi connectivity index (χ1) is 13.3. The number of sulfonamides is 1. The highest BCUT2D eigenvalue weighted by Crippen LogP contribution is 2.44. The Morgan fingerprint density at radius 1 is 1.11 bits per heavy atom. The van der Waals surface area contributed by atoms with E-state index in [4.69, 9.17) is 12.2 Å². The SMILES string of the molecule is O=[N+]([O-])c1ccc(S(=O)(=O)N2CCN(C(=S)N[C@H]3C[C@H]4CC[C@@H]3C4)CC2)cc1. The number of benzene rings is 1. The van der Waals surface area contributed by atoms with Gasteiger partial charge in [0.05, 0.1) is 9.82 Å². The van der Waals surface area contributed by atoms with Gasteiger partial charge in [0, 0.05) is 44.4 Å². The van der Waals surface area contributed by atoms with Crippen LogP contribution in [0.4, 0.5) is 5.69 Å². The van der Waals surface area contributed by atoms with Crippen molar-refractivity contribution in [1.29, 1.82) is 0 Å². The van der Waals surface area contributed by atoms with Crippen LogP contribution in [-0.2, 0) is 10.0 Å². The second kappa shape index (κ2) is 7.57. The van der Waals surface area contributed by atoms with Gasteiger partial charge in [-0.25, -0.2) is 8.42 Å². The average Bonchev–Trinajstić information content (AvgIpc) is 3.31. The Labute approximate surface area is 170 Å². The van der Waals surface area contributed by atoms with Crippen molar-refractivity contribution in [2.24, 2.45) is 11.8 Å². The van der Waals surface area contributed by atoms with E-state index in [1.54, 1.807) is 0 Å². The summed E-state index contributed by atoms with van der Waals surface area (Å²) in [4.78, 5) is 12.3. The maximum Gasteiger partial charge on any atom is 0.269 e. The van der Waals surface area contributed by atoms with Gasteiger partial charge in [-0.3, -0.25) is 10.1 Å². The number of rotatable bonds is 4.